The minimum absolute atomic E-state index is 0.125. The second-order valence-corrected chi connectivity index (χ2v) is 7.35. The highest BCUT2D eigenvalue weighted by Crippen LogP contribution is 2.24. The molecule has 2 aromatic rings. The number of aryl methyl sites for hydroxylation is 1. The Morgan fingerprint density at radius 1 is 1.00 bits per heavy atom. The molecule has 0 fully saturated rings. The molecule has 154 valence electrons. The fourth-order valence-electron chi connectivity index (χ4n) is 3.01. The van der Waals surface area contributed by atoms with Gasteiger partial charge in [0.25, 0.3) is 0 Å². The van der Waals surface area contributed by atoms with Crippen molar-refractivity contribution < 1.29 is 13.5 Å². The minimum Gasteiger partial charge on any atom is -0.490 e. The normalized spacial score (nSPS) is 12.1. The number of nitrogens with zero attached hydrogens (tertiary/aromatic N) is 2. The maximum Gasteiger partial charge on any atom is 0.165 e. The number of benzene rings is 1. The van der Waals surface area contributed by atoms with Crippen LogP contribution >= 0.6 is 0 Å². The highest BCUT2D eigenvalue weighted by molar-refractivity contribution is 5.56. The SMILES string of the molecule is CCCCCCCCCc1cnc(-c2ccc(OCCC(C)F)c(F)c2)nc1. The first-order valence-electron chi connectivity index (χ1n) is 10.5. The molecule has 0 aliphatic heterocycles. The molecule has 5 heteroatoms. The molecular formula is C23H32F2N2O. The summed E-state index contributed by atoms with van der Waals surface area (Å²) in [4.78, 5) is 8.75. The molecule has 28 heavy (non-hydrogen) atoms. The van der Waals surface area contributed by atoms with Crippen molar-refractivity contribution in [2.24, 2.45) is 0 Å². The lowest BCUT2D eigenvalue weighted by atomic mass is 10.1. The van der Waals surface area contributed by atoms with Gasteiger partial charge in [-0.25, -0.2) is 18.7 Å². The van der Waals surface area contributed by atoms with E-state index in [9.17, 15) is 8.78 Å². The lowest BCUT2D eigenvalue weighted by Gasteiger charge is -2.09. The molecule has 1 atom stereocenters. The predicted molar refractivity (Wildman–Crippen MR) is 110 cm³/mol. The average molecular weight is 391 g/mol. The van der Waals surface area contributed by atoms with Crippen LogP contribution in [0.25, 0.3) is 11.4 Å². The zero-order chi connectivity index (χ0) is 20.2. The zero-order valence-corrected chi connectivity index (χ0v) is 17.1. The van der Waals surface area contributed by atoms with Gasteiger partial charge in [0.15, 0.2) is 17.4 Å². The quantitative estimate of drug-likeness (QED) is 0.357. The van der Waals surface area contributed by atoms with Gasteiger partial charge in [-0.1, -0.05) is 45.4 Å². The lowest BCUT2D eigenvalue weighted by Crippen LogP contribution is -2.05. The van der Waals surface area contributed by atoms with Gasteiger partial charge in [-0.15, -0.1) is 0 Å². The summed E-state index contributed by atoms with van der Waals surface area (Å²) < 4.78 is 32.3. The first-order chi connectivity index (χ1) is 13.6. The number of aromatic nitrogens is 2. The van der Waals surface area contributed by atoms with Gasteiger partial charge >= 0.3 is 0 Å². The van der Waals surface area contributed by atoms with E-state index < -0.39 is 12.0 Å². The molecule has 0 aliphatic rings. The predicted octanol–water partition coefficient (Wildman–Crippen LogP) is 6.70. The van der Waals surface area contributed by atoms with Crippen molar-refractivity contribution in [1.82, 2.24) is 9.97 Å². The van der Waals surface area contributed by atoms with Crippen LogP contribution in [0.2, 0.25) is 0 Å². The van der Waals surface area contributed by atoms with E-state index in [4.69, 9.17) is 4.74 Å². The van der Waals surface area contributed by atoms with E-state index in [1.807, 2.05) is 12.4 Å². The van der Waals surface area contributed by atoms with Crippen molar-refractivity contribution in [2.45, 2.75) is 77.8 Å². The Morgan fingerprint density at radius 2 is 1.68 bits per heavy atom. The maximum atomic E-state index is 14.2. The number of alkyl halides is 1. The fourth-order valence-corrected chi connectivity index (χ4v) is 3.01. The van der Waals surface area contributed by atoms with Crippen LogP contribution in [0.1, 0.15) is 70.8 Å². The van der Waals surface area contributed by atoms with E-state index >= 15 is 0 Å². The first kappa shape index (κ1) is 22.3. The molecule has 0 saturated heterocycles. The Morgan fingerprint density at radius 3 is 2.32 bits per heavy atom. The number of rotatable bonds is 13. The van der Waals surface area contributed by atoms with Gasteiger partial charge in [0.2, 0.25) is 0 Å². The third kappa shape index (κ3) is 7.91. The van der Waals surface area contributed by atoms with Crippen molar-refractivity contribution >= 4 is 0 Å². The third-order valence-electron chi connectivity index (χ3n) is 4.74. The molecule has 0 bridgehead atoms. The van der Waals surface area contributed by atoms with Crippen LogP contribution < -0.4 is 4.74 Å². The smallest absolute Gasteiger partial charge is 0.165 e. The molecular weight excluding hydrogens is 358 g/mol. The van der Waals surface area contributed by atoms with Crippen LogP contribution in [-0.4, -0.2) is 22.7 Å². The van der Waals surface area contributed by atoms with Gasteiger partial charge in [0, 0.05) is 24.4 Å². The topological polar surface area (TPSA) is 35.0 Å². The molecule has 1 unspecified atom stereocenters. The number of halogens is 2. The molecule has 0 saturated carbocycles. The van der Waals surface area contributed by atoms with Crippen LogP contribution in [0.15, 0.2) is 30.6 Å². The summed E-state index contributed by atoms with van der Waals surface area (Å²) in [6.45, 7) is 3.84. The molecule has 0 amide bonds. The van der Waals surface area contributed by atoms with E-state index in [0.717, 1.165) is 18.4 Å². The Bertz CT molecular complexity index is 690. The van der Waals surface area contributed by atoms with E-state index in [1.54, 1.807) is 12.1 Å². The van der Waals surface area contributed by atoms with Crippen LogP contribution in [-0.2, 0) is 6.42 Å². The van der Waals surface area contributed by atoms with Crippen molar-refractivity contribution in [1.29, 1.82) is 0 Å². The second kappa shape index (κ2) is 12.4. The van der Waals surface area contributed by atoms with Crippen molar-refractivity contribution in [3.63, 3.8) is 0 Å². The molecule has 0 aliphatic carbocycles. The summed E-state index contributed by atoms with van der Waals surface area (Å²) >= 11 is 0. The lowest BCUT2D eigenvalue weighted by molar-refractivity contribution is 0.240. The standard InChI is InChI=1S/C23H32F2N2O/c1-3-4-5-6-7-8-9-10-19-16-26-23(27-17-19)20-11-12-22(21(25)15-20)28-14-13-18(2)24/h11-12,15-18H,3-10,13-14H2,1-2H3. The molecule has 0 spiro atoms. The second-order valence-electron chi connectivity index (χ2n) is 7.35. The molecule has 0 radical (unpaired) electrons. The van der Waals surface area contributed by atoms with Crippen molar-refractivity contribution in [3.05, 3.63) is 42.0 Å². The number of hydrogen-bond donors (Lipinski definition) is 0. The number of ether oxygens (including phenoxy) is 1. The summed E-state index contributed by atoms with van der Waals surface area (Å²) in [5, 5.41) is 0. The van der Waals surface area contributed by atoms with E-state index in [0.29, 0.717) is 11.4 Å². The molecule has 1 aromatic carbocycles. The van der Waals surface area contributed by atoms with Crippen molar-refractivity contribution in [2.75, 3.05) is 6.61 Å². The van der Waals surface area contributed by atoms with Crippen LogP contribution in [0.5, 0.6) is 5.75 Å². The highest BCUT2D eigenvalue weighted by Gasteiger charge is 2.09. The van der Waals surface area contributed by atoms with E-state index in [-0.39, 0.29) is 18.8 Å². The molecule has 2 rings (SSSR count). The summed E-state index contributed by atoms with van der Waals surface area (Å²) in [6, 6.07) is 4.63. The fraction of sp³-hybridized carbons (Fsp3) is 0.565. The summed E-state index contributed by atoms with van der Waals surface area (Å²) in [5.74, 6) is 0.130. The van der Waals surface area contributed by atoms with E-state index in [1.165, 1.54) is 51.5 Å². The first-order valence-corrected chi connectivity index (χ1v) is 10.5. The van der Waals surface area contributed by atoms with Gasteiger partial charge in [-0.05, 0) is 43.5 Å². The van der Waals surface area contributed by atoms with Crippen molar-refractivity contribution in [3.8, 4) is 17.1 Å². The molecule has 3 nitrogen and oxygen atoms in total. The highest BCUT2D eigenvalue weighted by atomic mass is 19.1. The number of hydrogen-bond acceptors (Lipinski definition) is 3. The largest absolute Gasteiger partial charge is 0.490 e. The zero-order valence-electron chi connectivity index (χ0n) is 17.1. The Labute approximate surface area is 167 Å². The molecule has 0 N–H and O–H groups in total. The van der Waals surface area contributed by atoms with Gasteiger partial charge in [-0.3, -0.25) is 0 Å². The van der Waals surface area contributed by atoms with Crippen LogP contribution in [0, 0.1) is 5.82 Å². The monoisotopic (exact) mass is 390 g/mol. The molecule has 1 heterocycles. The van der Waals surface area contributed by atoms with E-state index in [2.05, 4.69) is 16.9 Å². The van der Waals surface area contributed by atoms with Crippen LogP contribution in [0.3, 0.4) is 0 Å². The molecule has 1 aromatic heterocycles. The van der Waals surface area contributed by atoms with Gasteiger partial charge in [-0.2, -0.15) is 0 Å². The Hall–Kier alpha value is -2.04. The van der Waals surface area contributed by atoms with Gasteiger partial charge in [0.1, 0.15) is 6.17 Å². The van der Waals surface area contributed by atoms with Gasteiger partial charge < -0.3 is 4.74 Å². The minimum atomic E-state index is -0.963. The van der Waals surface area contributed by atoms with Crippen LogP contribution in [0.4, 0.5) is 8.78 Å². The number of unbranched alkanes of at least 4 members (excludes halogenated alkanes) is 6. The summed E-state index contributed by atoms with van der Waals surface area (Å²) in [6.07, 6.45) is 12.8. The maximum absolute atomic E-state index is 14.2. The average Bonchev–Trinajstić information content (AvgIpc) is 2.69. The Balaban J connectivity index is 1.81. The Kier molecular flexibility index (Phi) is 9.87. The summed E-state index contributed by atoms with van der Waals surface area (Å²) in [7, 11) is 0. The van der Waals surface area contributed by atoms with Gasteiger partial charge in [0.05, 0.1) is 6.61 Å². The third-order valence-corrected chi connectivity index (χ3v) is 4.74. The summed E-state index contributed by atoms with van der Waals surface area (Å²) in [5.41, 5.74) is 1.71.